The van der Waals surface area contributed by atoms with E-state index in [4.69, 9.17) is 10.2 Å². The van der Waals surface area contributed by atoms with Crippen molar-refractivity contribution in [1.82, 2.24) is 0 Å². The molecule has 0 aliphatic heterocycles. The van der Waals surface area contributed by atoms with E-state index >= 15 is 0 Å². The number of hydrogen-bond acceptors (Lipinski definition) is 6. The van der Waals surface area contributed by atoms with Gasteiger partial charge < -0.3 is 19.7 Å². The van der Waals surface area contributed by atoms with E-state index in [0.717, 1.165) is 11.8 Å². The predicted molar refractivity (Wildman–Crippen MR) is 94.7 cm³/mol. The second-order valence-electron chi connectivity index (χ2n) is 7.09. The summed E-state index contributed by atoms with van der Waals surface area (Å²) in [6.45, 7) is -0.793. The third kappa shape index (κ3) is 11.2. The number of esters is 2. The van der Waals surface area contributed by atoms with Crippen LogP contribution in [0.25, 0.3) is 0 Å². The Bertz CT molecular complexity index is 446. The molecule has 0 aromatic rings. The van der Waals surface area contributed by atoms with Gasteiger partial charge in [-0.15, -0.1) is 0 Å². The van der Waals surface area contributed by atoms with E-state index < -0.39 is 43.5 Å². The van der Waals surface area contributed by atoms with Crippen LogP contribution in [0.15, 0.2) is 0 Å². The molecule has 2 N–H and O–H groups in total. The maximum absolute atomic E-state index is 10.5. The largest absolute Gasteiger partial charge is 0.481 e. The third-order valence-electron chi connectivity index (χ3n) is 5.00. The molecule has 0 atom stereocenters. The lowest BCUT2D eigenvalue weighted by Crippen LogP contribution is -2.20. The number of hydrogen-bond donors (Lipinski definition) is 2. The molecule has 0 aromatic heterocycles. The fourth-order valence-corrected chi connectivity index (χ4v) is 3.72. The van der Waals surface area contributed by atoms with Crippen LogP contribution in [0.1, 0.15) is 77.0 Å². The van der Waals surface area contributed by atoms with Crippen molar-refractivity contribution in [2.75, 3.05) is 6.79 Å². The molecule has 2 aliphatic rings. The Labute approximate surface area is 159 Å². The molecule has 0 spiro atoms. The van der Waals surface area contributed by atoms with Crippen LogP contribution in [-0.4, -0.2) is 40.9 Å². The summed E-state index contributed by atoms with van der Waals surface area (Å²) in [7, 11) is 0. The van der Waals surface area contributed by atoms with Crippen LogP contribution in [-0.2, 0) is 28.7 Å². The number of carbonyl (C=O) groups is 4. The zero-order valence-corrected chi connectivity index (χ0v) is 15.7. The summed E-state index contributed by atoms with van der Waals surface area (Å²) in [6.07, 6.45) is 13.7. The monoisotopic (exact) mass is 386 g/mol. The molecule has 0 radical (unpaired) electrons. The number of rotatable bonds is 7. The molecule has 8 nitrogen and oxygen atoms in total. The van der Waals surface area contributed by atoms with Gasteiger partial charge in [-0.2, -0.15) is 0 Å². The molecule has 27 heavy (non-hydrogen) atoms. The number of ether oxygens (including phenoxy) is 2. The summed E-state index contributed by atoms with van der Waals surface area (Å²) in [5, 5.41) is 16.3. The van der Waals surface area contributed by atoms with Crippen LogP contribution in [0.5, 0.6) is 0 Å². The van der Waals surface area contributed by atoms with Crippen molar-refractivity contribution in [2.24, 2.45) is 11.8 Å². The molecule has 0 aromatic carbocycles. The highest BCUT2D eigenvalue weighted by atomic mass is 16.7. The van der Waals surface area contributed by atoms with Crippen LogP contribution in [0.4, 0.5) is 0 Å². The van der Waals surface area contributed by atoms with E-state index in [0.29, 0.717) is 0 Å². The van der Waals surface area contributed by atoms with E-state index in [-0.39, 0.29) is 0 Å². The highest BCUT2D eigenvalue weighted by molar-refractivity contribution is 5.91. The van der Waals surface area contributed by atoms with E-state index in [1.807, 2.05) is 0 Å². The van der Waals surface area contributed by atoms with Gasteiger partial charge in [0, 0.05) is 0 Å². The summed E-state index contributed by atoms with van der Waals surface area (Å²) >= 11 is 0. The summed E-state index contributed by atoms with van der Waals surface area (Å²) in [6, 6.07) is 0. The van der Waals surface area contributed by atoms with Gasteiger partial charge in [-0.25, -0.2) is 0 Å². The average Bonchev–Trinajstić information content (AvgIpc) is 2.62. The van der Waals surface area contributed by atoms with Crippen molar-refractivity contribution in [3.63, 3.8) is 0 Å². The molecule has 0 saturated heterocycles. The standard InChI is InChI=1S/C12H22.C7H8O8/c1-3-7-11(8-4-1)12-9-5-2-6-10-12;8-4(9)1-6(12)14-3-15-7(13)2-5(10)11/h11-12H,1-10H2;1-3H2,(H,8,9)(H,10,11). The van der Waals surface area contributed by atoms with Crippen molar-refractivity contribution in [3.8, 4) is 0 Å². The quantitative estimate of drug-likeness (QED) is 0.388. The maximum Gasteiger partial charge on any atom is 0.320 e. The second kappa shape index (κ2) is 13.1. The summed E-state index contributed by atoms with van der Waals surface area (Å²) in [4.78, 5) is 41.0. The number of carbonyl (C=O) groups excluding carboxylic acids is 2. The smallest absolute Gasteiger partial charge is 0.320 e. The lowest BCUT2D eigenvalue weighted by atomic mass is 9.73. The zero-order valence-electron chi connectivity index (χ0n) is 15.7. The maximum atomic E-state index is 10.5. The van der Waals surface area contributed by atoms with Crippen LogP contribution < -0.4 is 0 Å². The van der Waals surface area contributed by atoms with Crippen molar-refractivity contribution < 1.29 is 38.9 Å². The molecular weight excluding hydrogens is 356 g/mol. The average molecular weight is 386 g/mol. The molecule has 2 aliphatic carbocycles. The Morgan fingerprint density at radius 3 is 1.26 bits per heavy atom. The lowest BCUT2D eigenvalue weighted by molar-refractivity contribution is -0.169. The molecule has 2 rings (SSSR count). The SMILES string of the molecule is C1CCC(C2CCCCC2)CC1.O=C(O)CC(=O)OCOC(=O)CC(=O)O. The molecule has 0 heterocycles. The second-order valence-corrected chi connectivity index (χ2v) is 7.09. The molecule has 2 fully saturated rings. The van der Waals surface area contributed by atoms with E-state index in [9.17, 15) is 19.2 Å². The normalized spacial score (nSPS) is 17.9. The first kappa shape index (κ1) is 22.9. The Kier molecular flexibility index (Phi) is 11.1. The highest BCUT2D eigenvalue weighted by Crippen LogP contribution is 2.37. The minimum atomic E-state index is -1.38. The van der Waals surface area contributed by atoms with Gasteiger partial charge in [-0.1, -0.05) is 64.2 Å². The third-order valence-corrected chi connectivity index (χ3v) is 5.00. The molecule has 0 unspecified atom stereocenters. The zero-order chi connectivity index (χ0) is 20.1. The first-order valence-corrected chi connectivity index (χ1v) is 9.63. The van der Waals surface area contributed by atoms with Crippen LogP contribution in [0.3, 0.4) is 0 Å². The van der Waals surface area contributed by atoms with Gasteiger partial charge in [-0.3, -0.25) is 19.2 Å². The Balaban J connectivity index is 0.000000274. The van der Waals surface area contributed by atoms with Gasteiger partial charge >= 0.3 is 23.9 Å². The van der Waals surface area contributed by atoms with Gasteiger partial charge in [0.25, 0.3) is 0 Å². The van der Waals surface area contributed by atoms with Gasteiger partial charge in [0.05, 0.1) is 0 Å². The van der Waals surface area contributed by atoms with E-state index in [1.165, 1.54) is 38.5 Å². The number of aliphatic carboxylic acids is 2. The molecular formula is C19H30O8. The molecule has 2 saturated carbocycles. The summed E-state index contributed by atoms with van der Waals surface area (Å²) < 4.78 is 8.30. The molecule has 154 valence electrons. The van der Waals surface area contributed by atoms with Crippen LogP contribution in [0, 0.1) is 11.8 Å². The lowest BCUT2D eigenvalue weighted by Gasteiger charge is -2.32. The summed E-state index contributed by atoms with van der Waals surface area (Å²) in [5.74, 6) is -2.64. The predicted octanol–water partition coefficient (Wildman–Crippen LogP) is 3.13. The first-order chi connectivity index (χ1) is 12.9. The minimum absolute atomic E-state index is 0.793. The fourth-order valence-electron chi connectivity index (χ4n) is 3.72. The topological polar surface area (TPSA) is 127 Å². The van der Waals surface area contributed by atoms with E-state index in [2.05, 4.69) is 9.47 Å². The molecule has 0 bridgehead atoms. The van der Waals surface area contributed by atoms with Crippen molar-refractivity contribution >= 4 is 23.9 Å². The summed E-state index contributed by atoms with van der Waals surface area (Å²) in [5.41, 5.74) is 0. The van der Waals surface area contributed by atoms with E-state index in [1.54, 1.807) is 25.7 Å². The minimum Gasteiger partial charge on any atom is -0.481 e. The fraction of sp³-hybridized carbons (Fsp3) is 0.789. The van der Waals surface area contributed by atoms with Gasteiger partial charge in [-0.05, 0) is 11.8 Å². The molecule has 0 amide bonds. The van der Waals surface area contributed by atoms with Gasteiger partial charge in [0.1, 0.15) is 12.8 Å². The van der Waals surface area contributed by atoms with Crippen molar-refractivity contribution in [3.05, 3.63) is 0 Å². The number of carboxylic acids is 2. The van der Waals surface area contributed by atoms with Crippen LogP contribution >= 0.6 is 0 Å². The Morgan fingerprint density at radius 2 is 0.963 bits per heavy atom. The Morgan fingerprint density at radius 1 is 0.630 bits per heavy atom. The Hall–Kier alpha value is -2.12. The van der Waals surface area contributed by atoms with Crippen LogP contribution in [0.2, 0.25) is 0 Å². The number of carboxylic acid groups (broad SMARTS) is 2. The highest BCUT2D eigenvalue weighted by Gasteiger charge is 2.24. The van der Waals surface area contributed by atoms with Crippen molar-refractivity contribution in [1.29, 1.82) is 0 Å². The van der Waals surface area contributed by atoms with Crippen molar-refractivity contribution in [2.45, 2.75) is 77.0 Å². The van der Waals surface area contributed by atoms with Gasteiger partial charge in [0.2, 0.25) is 6.79 Å². The van der Waals surface area contributed by atoms with Gasteiger partial charge in [0.15, 0.2) is 0 Å². The first-order valence-electron chi connectivity index (χ1n) is 9.63. The molecule has 8 heteroatoms.